The number of carboxylic acid groups (broad SMARTS) is 1. The van der Waals surface area contributed by atoms with E-state index in [4.69, 9.17) is 0 Å². The molecule has 2 aromatic carbocycles. The highest BCUT2D eigenvalue weighted by atomic mass is 16.4. The van der Waals surface area contributed by atoms with Crippen molar-refractivity contribution >= 4 is 16.7 Å². The molecule has 1 saturated carbocycles. The van der Waals surface area contributed by atoms with E-state index in [1.807, 2.05) is 26.2 Å². The third-order valence-corrected chi connectivity index (χ3v) is 4.26. The Hall–Kier alpha value is -1.87. The van der Waals surface area contributed by atoms with Gasteiger partial charge in [0.05, 0.1) is 5.92 Å². The van der Waals surface area contributed by atoms with Crippen molar-refractivity contribution in [3.63, 3.8) is 0 Å². The third kappa shape index (κ3) is 2.18. The second-order valence-electron chi connectivity index (χ2n) is 5.82. The summed E-state index contributed by atoms with van der Waals surface area (Å²) in [6.45, 7) is 0. The molecule has 0 aliphatic heterocycles. The lowest BCUT2D eigenvalue weighted by Crippen LogP contribution is -2.23. The van der Waals surface area contributed by atoms with Gasteiger partial charge in [0.1, 0.15) is 0 Å². The van der Waals surface area contributed by atoms with Gasteiger partial charge < -0.3 is 10.0 Å². The van der Waals surface area contributed by atoms with Crippen molar-refractivity contribution in [1.82, 2.24) is 4.90 Å². The number of rotatable bonds is 4. The first kappa shape index (κ1) is 13.1. The van der Waals surface area contributed by atoms with Gasteiger partial charge in [0.2, 0.25) is 0 Å². The molecule has 104 valence electrons. The molecule has 0 heterocycles. The largest absolute Gasteiger partial charge is 0.481 e. The Bertz CT molecular complexity index is 645. The number of aliphatic carboxylic acids is 1. The standard InChI is InChI=1S/C17H19NO2/c1-18(2)16(14-10-15(14)17(19)20)13-9-5-7-11-6-3-4-8-12(11)13/h3-9,14-16H,10H2,1-2H3,(H,19,20). The van der Waals surface area contributed by atoms with E-state index in [0.29, 0.717) is 0 Å². The molecule has 3 unspecified atom stereocenters. The first-order chi connectivity index (χ1) is 9.59. The van der Waals surface area contributed by atoms with E-state index in [0.717, 1.165) is 6.42 Å². The number of hydrogen-bond acceptors (Lipinski definition) is 2. The van der Waals surface area contributed by atoms with Crippen molar-refractivity contribution < 1.29 is 9.90 Å². The summed E-state index contributed by atoms with van der Waals surface area (Å²) in [7, 11) is 4.06. The van der Waals surface area contributed by atoms with Gasteiger partial charge in [-0.25, -0.2) is 0 Å². The predicted molar refractivity (Wildman–Crippen MR) is 79.6 cm³/mol. The molecule has 0 amide bonds. The molecule has 0 bridgehead atoms. The zero-order valence-electron chi connectivity index (χ0n) is 11.8. The molecule has 2 aromatic rings. The number of carbonyl (C=O) groups is 1. The van der Waals surface area contributed by atoms with E-state index in [1.165, 1.54) is 16.3 Å². The van der Waals surface area contributed by atoms with Crippen LogP contribution in [0.1, 0.15) is 18.0 Å². The summed E-state index contributed by atoms with van der Waals surface area (Å²) in [6, 6.07) is 14.8. The molecule has 0 radical (unpaired) electrons. The minimum atomic E-state index is -0.665. The van der Waals surface area contributed by atoms with Gasteiger partial charge in [-0.15, -0.1) is 0 Å². The number of nitrogens with zero attached hydrogens (tertiary/aromatic N) is 1. The second kappa shape index (κ2) is 4.91. The van der Waals surface area contributed by atoms with Gasteiger partial charge in [0.25, 0.3) is 0 Å². The Morgan fingerprint density at radius 1 is 1.20 bits per heavy atom. The molecule has 3 nitrogen and oxygen atoms in total. The molecular weight excluding hydrogens is 250 g/mol. The summed E-state index contributed by atoms with van der Waals surface area (Å²) >= 11 is 0. The van der Waals surface area contributed by atoms with Crippen LogP contribution < -0.4 is 0 Å². The Balaban J connectivity index is 2.05. The fraction of sp³-hybridized carbons (Fsp3) is 0.353. The maximum atomic E-state index is 11.2. The normalized spacial score (nSPS) is 22.9. The summed E-state index contributed by atoms with van der Waals surface area (Å²) < 4.78 is 0. The Morgan fingerprint density at radius 2 is 1.90 bits per heavy atom. The molecule has 20 heavy (non-hydrogen) atoms. The molecule has 3 rings (SSSR count). The molecule has 0 saturated heterocycles. The van der Waals surface area contributed by atoms with Crippen LogP contribution in [0.3, 0.4) is 0 Å². The molecule has 1 aliphatic rings. The number of benzene rings is 2. The van der Waals surface area contributed by atoms with Crippen molar-refractivity contribution in [2.45, 2.75) is 12.5 Å². The minimum absolute atomic E-state index is 0.169. The Labute approximate surface area is 118 Å². The maximum Gasteiger partial charge on any atom is 0.306 e. The molecule has 1 fully saturated rings. The molecule has 1 N–H and O–H groups in total. The zero-order valence-corrected chi connectivity index (χ0v) is 11.8. The summed E-state index contributed by atoms with van der Waals surface area (Å²) in [5.74, 6) is -0.642. The lowest BCUT2D eigenvalue weighted by molar-refractivity contribution is -0.139. The van der Waals surface area contributed by atoms with Crippen LogP contribution in [0, 0.1) is 11.8 Å². The van der Waals surface area contributed by atoms with Gasteiger partial charge in [-0.3, -0.25) is 4.79 Å². The highest BCUT2D eigenvalue weighted by molar-refractivity contribution is 5.86. The van der Waals surface area contributed by atoms with Crippen molar-refractivity contribution in [1.29, 1.82) is 0 Å². The van der Waals surface area contributed by atoms with Crippen molar-refractivity contribution in [2.24, 2.45) is 11.8 Å². The van der Waals surface area contributed by atoms with Crippen LogP contribution in [-0.4, -0.2) is 30.1 Å². The summed E-state index contributed by atoms with van der Waals surface area (Å²) in [6.07, 6.45) is 0.779. The Morgan fingerprint density at radius 3 is 2.55 bits per heavy atom. The summed E-state index contributed by atoms with van der Waals surface area (Å²) in [5, 5.41) is 11.6. The zero-order chi connectivity index (χ0) is 14.3. The van der Waals surface area contributed by atoms with E-state index in [9.17, 15) is 9.90 Å². The number of hydrogen-bond donors (Lipinski definition) is 1. The van der Waals surface area contributed by atoms with E-state index >= 15 is 0 Å². The van der Waals surface area contributed by atoms with Gasteiger partial charge in [-0.05, 0) is 42.8 Å². The van der Waals surface area contributed by atoms with Crippen molar-refractivity contribution in [3.8, 4) is 0 Å². The molecule has 1 aliphatic carbocycles. The monoisotopic (exact) mass is 269 g/mol. The summed E-state index contributed by atoms with van der Waals surface area (Å²) in [4.78, 5) is 13.3. The maximum absolute atomic E-state index is 11.2. The van der Waals surface area contributed by atoms with Gasteiger partial charge in [-0.1, -0.05) is 42.5 Å². The van der Waals surface area contributed by atoms with E-state index in [2.05, 4.69) is 35.2 Å². The molecule has 3 heteroatoms. The van der Waals surface area contributed by atoms with Gasteiger partial charge in [0.15, 0.2) is 0 Å². The van der Waals surface area contributed by atoms with Gasteiger partial charge in [0, 0.05) is 6.04 Å². The van der Waals surface area contributed by atoms with Crippen LogP contribution in [0.5, 0.6) is 0 Å². The SMILES string of the molecule is CN(C)C(c1cccc2ccccc12)C1CC1C(=O)O. The van der Waals surface area contributed by atoms with Gasteiger partial charge >= 0.3 is 5.97 Å². The van der Waals surface area contributed by atoms with E-state index in [1.54, 1.807) is 0 Å². The fourth-order valence-electron chi connectivity index (χ4n) is 3.25. The van der Waals surface area contributed by atoms with Crippen LogP contribution in [0.15, 0.2) is 42.5 Å². The fourth-order valence-corrected chi connectivity index (χ4v) is 3.25. The second-order valence-corrected chi connectivity index (χ2v) is 5.82. The lowest BCUT2D eigenvalue weighted by Gasteiger charge is -2.26. The van der Waals surface area contributed by atoms with Crippen molar-refractivity contribution in [3.05, 3.63) is 48.0 Å². The topological polar surface area (TPSA) is 40.5 Å². The van der Waals surface area contributed by atoms with E-state index < -0.39 is 5.97 Å². The lowest BCUT2D eigenvalue weighted by atomic mass is 9.94. The third-order valence-electron chi connectivity index (χ3n) is 4.26. The first-order valence-electron chi connectivity index (χ1n) is 6.96. The van der Waals surface area contributed by atoms with Crippen molar-refractivity contribution in [2.75, 3.05) is 14.1 Å². The van der Waals surface area contributed by atoms with Crippen LogP contribution in [-0.2, 0) is 4.79 Å². The first-order valence-corrected chi connectivity index (χ1v) is 6.96. The quantitative estimate of drug-likeness (QED) is 0.927. The highest BCUT2D eigenvalue weighted by Crippen LogP contribution is 2.50. The number of fused-ring (bicyclic) bond motifs is 1. The average molecular weight is 269 g/mol. The molecule has 0 spiro atoms. The molecule has 3 atom stereocenters. The molecule has 0 aromatic heterocycles. The van der Waals surface area contributed by atoms with Crippen LogP contribution in [0.25, 0.3) is 10.8 Å². The van der Waals surface area contributed by atoms with Crippen LogP contribution in [0.4, 0.5) is 0 Å². The average Bonchev–Trinajstić information content (AvgIpc) is 3.19. The van der Waals surface area contributed by atoms with Gasteiger partial charge in [-0.2, -0.15) is 0 Å². The highest BCUT2D eigenvalue weighted by Gasteiger charge is 2.49. The minimum Gasteiger partial charge on any atom is -0.481 e. The summed E-state index contributed by atoms with van der Waals surface area (Å²) in [5.41, 5.74) is 1.24. The van der Waals surface area contributed by atoms with Crippen LogP contribution >= 0.6 is 0 Å². The Kier molecular flexibility index (Phi) is 3.22. The number of carboxylic acids is 1. The predicted octanol–water partition coefficient (Wildman–Crippen LogP) is 3.16. The molecular formula is C17H19NO2. The smallest absolute Gasteiger partial charge is 0.306 e. The van der Waals surface area contributed by atoms with Crippen LogP contribution in [0.2, 0.25) is 0 Å². The van der Waals surface area contributed by atoms with E-state index in [-0.39, 0.29) is 17.9 Å².